The van der Waals surface area contributed by atoms with E-state index < -0.39 is 0 Å². The zero-order chi connectivity index (χ0) is 12.8. The zero-order valence-electron chi connectivity index (χ0n) is 10.5. The topological polar surface area (TPSA) is 33.2 Å². The number of hydrogen-bond donors (Lipinski definition) is 0. The van der Waals surface area contributed by atoms with Crippen molar-refractivity contribution in [3.05, 3.63) is 30.1 Å². The summed E-state index contributed by atoms with van der Waals surface area (Å²) in [6, 6.07) is 4.04. The molecule has 1 aliphatic heterocycles. The minimum atomic E-state index is 0.292. The van der Waals surface area contributed by atoms with E-state index in [1.54, 1.807) is 24.2 Å². The van der Waals surface area contributed by atoms with Crippen LogP contribution in [0.25, 0.3) is 0 Å². The smallest absolute Gasteiger partial charge is 0.233 e. The van der Waals surface area contributed by atoms with E-state index in [0.717, 1.165) is 25.1 Å². The number of pyridine rings is 1. The Balaban J connectivity index is 1.87. The molecular weight excluding hydrogens is 264 g/mol. The molecule has 5 heteroatoms. The minimum absolute atomic E-state index is 0.292. The summed E-state index contributed by atoms with van der Waals surface area (Å²) >= 11 is 3.63. The van der Waals surface area contributed by atoms with Crippen molar-refractivity contribution in [1.82, 2.24) is 9.88 Å². The van der Waals surface area contributed by atoms with Gasteiger partial charge in [-0.25, -0.2) is 0 Å². The Bertz CT molecular complexity index is 386. The molecule has 0 radical (unpaired) electrons. The zero-order valence-corrected chi connectivity index (χ0v) is 12.2. The van der Waals surface area contributed by atoms with Gasteiger partial charge in [0, 0.05) is 18.9 Å². The maximum absolute atomic E-state index is 11.9. The summed E-state index contributed by atoms with van der Waals surface area (Å²) in [6.45, 7) is 0.828. The molecule has 1 aliphatic rings. The highest BCUT2D eigenvalue weighted by atomic mass is 32.2. The maximum Gasteiger partial charge on any atom is 0.233 e. The first-order chi connectivity index (χ1) is 8.81. The van der Waals surface area contributed by atoms with Crippen LogP contribution in [0, 0.1) is 0 Å². The number of nitrogens with zero attached hydrogens (tertiary/aromatic N) is 2. The molecule has 2 rings (SSSR count). The van der Waals surface area contributed by atoms with Crippen molar-refractivity contribution < 1.29 is 4.79 Å². The van der Waals surface area contributed by atoms with Crippen molar-refractivity contribution in [2.45, 2.75) is 18.2 Å². The van der Waals surface area contributed by atoms with Gasteiger partial charge >= 0.3 is 0 Å². The van der Waals surface area contributed by atoms with Crippen LogP contribution < -0.4 is 0 Å². The molecule has 0 saturated carbocycles. The Morgan fingerprint density at radius 3 is 3.00 bits per heavy atom. The normalized spacial score (nSPS) is 19.5. The molecule has 1 saturated heterocycles. The average molecular weight is 282 g/mol. The van der Waals surface area contributed by atoms with Crippen molar-refractivity contribution in [2.24, 2.45) is 0 Å². The van der Waals surface area contributed by atoms with Crippen LogP contribution in [0.2, 0.25) is 0 Å². The van der Waals surface area contributed by atoms with Gasteiger partial charge in [0.1, 0.15) is 0 Å². The highest BCUT2D eigenvalue weighted by Gasteiger charge is 2.30. The van der Waals surface area contributed by atoms with Gasteiger partial charge in [0.25, 0.3) is 0 Å². The Labute approximate surface area is 117 Å². The lowest BCUT2D eigenvalue weighted by molar-refractivity contribution is -0.127. The Morgan fingerprint density at radius 2 is 2.28 bits per heavy atom. The number of aromatic nitrogens is 1. The second-order valence-corrected chi connectivity index (χ2v) is 6.39. The van der Waals surface area contributed by atoms with E-state index in [4.69, 9.17) is 0 Å². The second kappa shape index (κ2) is 7.04. The third kappa shape index (κ3) is 3.65. The highest BCUT2D eigenvalue weighted by molar-refractivity contribution is 8.01. The molecule has 18 heavy (non-hydrogen) atoms. The summed E-state index contributed by atoms with van der Waals surface area (Å²) in [5.41, 5.74) is 1.25. The van der Waals surface area contributed by atoms with Crippen molar-refractivity contribution in [2.75, 3.05) is 24.3 Å². The quantitative estimate of drug-likeness (QED) is 0.801. The van der Waals surface area contributed by atoms with Crippen LogP contribution in [0.5, 0.6) is 0 Å². The molecule has 0 aromatic carbocycles. The van der Waals surface area contributed by atoms with E-state index in [1.165, 1.54) is 5.56 Å². The van der Waals surface area contributed by atoms with E-state index in [1.807, 2.05) is 28.8 Å². The van der Waals surface area contributed by atoms with Crippen molar-refractivity contribution >= 4 is 29.4 Å². The van der Waals surface area contributed by atoms with Gasteiger partial charge in [-0.3, -0.25) is 9.78 Å². The fourth-order valence-electron chi connectivity index (χ4n) is 2.03. The van der Waals surface area contributed by atoms with Gasteiger partial charge in [0.15, 0.2) is 0 Å². The average Bonchev–Trinajstić information content (AvgIpc) is 2.76. The molecule has 1 fully saturated rings. The summed E-state index contributed by atoms with van der Waals surface area (Å²) in [5, 5.41) is 0.381. The molecule has 0 bridgehead atoms. The number of carbonyl (C=O) groups is 1. The van der Waals surface area contributed by atoms with Gasteiger partial charge in [-0.05, 0) is 42.5 Å². The fourth-order valence-corrected chi connectivity index (χ4v) is 3.82. The van der Waals surface area contributed by atoms with Gasteiger partial charge in [0.2, 0.25) is 5.91 Å². The minimum Gasteiger partial charge on any atom is -0.330 e. The number of carbonyl (C=O) groups excluding carboxylic acids is 1. The predicted molar refractivity (Wildman–Crippen MR) is 78.9 cm³/mol. The molecule has 0 N–H and O–H groups in total. The van der Waals surface area contributed by atoms with E-state index in [-0.39, 0.29) is 0 Å². The van der Waals surface area contributed by atoms with Crippen molar-refractivity contribution in [3.8, 4) is 0 Å². The standard InChI is InChI=1S/C13H18N2OS2/c1-17-9-5-13-15(12(16)10-18-13)8-4-11-2-6-14-7-3-11/h2-3,6-7,13H,4-5,8-10H2,1H3. The number of rotatable bonds is 6. The molecule has 1 aromatic heterocycles. The Hall–Kier alpha value is -0.680. The summed E-state index contributed by atoms with van der Waals surface area (Å²) in [4.78, 5) is 17.9. The molecular formula is C13H18N2OS2. The first kappa shape index (κ1) is 13.7. The Kier molecular flexibility index (Phi) is 5.38. The monoisotopic (exact) mass is 282 g/mol. The van der Waals surface area contributed by atoms with E-state index in [2.05, 4.69) is 11.2 Å². The second-order valence-electron chi connectivity index (χ2n) is 4.24. The van der Waals surface area contributed by atoms with Gasteiger partial charge in [-0.1, -0.05) is 0 Å². The molecule has 1 unspecified atom stereocenters. The summed E-state index contributed by atoms with van der Waals surface area (Å²) < 4.78 is 0. The van der Waals surface area contributed by atoms with Crippen LogP contribution >= 0.6 is 23.5 Å². The lowest BCUT2D eigenvalue weighted by atomic mass is 10.2. The molecule has 3 nitrogen and oxygen atoms in total. The van der Waals surface area contributed by atoms with Crippen LogP contribution in [-0.4, -0.2) is 45.5 Å². The van der Waals surface area contributed by atoms with Crippen LogP contribution in [0.3, 0.4) is 0 Å². The van der Waals surface area contributed by atoms with Crippen LogP contribution in [0.1, 0.15) is 12.0 Å². The number of hydrogen-bond acceptors (Lipinski definition) is 4. The first-order valence-electron chi connectivity index (χ1n) is 6.10. The van der Waals surface area contributed by atoms with Crippen molar-refractivity contribution in [3.63, 3.8) is 0 Å². The van der Waals surface area contributed by atoms with Crippen LogP contribution in [0.4, 0.5) is 0 Å². The molecule has 0 aliphatic carbocycles. The predicted octanol–water partition coefficient (Wildman–Crippen LogP) is 2.28. The van der Waals surface area contributed by atoms with E-state index in [0.29, 0.717) is 17.0 Å². The molecule has 2 heterocycles. The summed E-state index contributed by atoms with van der Waals surface area (Å²) in [5.74, 6) is 2.06. The van der Waals surface area contributed by atoms with Crippen molar-refractivity contribution in [1.29, 1.82) is 0 Å². The lowest BCUT2D eigenvalue weighted by Crippen LogP contribution is -2.34. The number of thioether (sulfide) groups is 2. The SMILES string of the molecule is CSCCC1SCC(=O)N1CCc1ccncc1. The van der Waals surface area contributed by atoms with Gasteiger partial charge in [-0.15, -0.1) is 11.8 Å². The molecule has 0 spiro atoms. The molecule has 1 amide bonds. The highest BCUT2D eigenvalue weighted by Crippen LogP contribution is 2.28. The van der Waals surface area contributed by atoms with Gasteiger partial charge in [-0.2, -0.15) is 11.8 Å². The number of amides is 1. The molecule has 1 aromatic rings. The third-order valence-electron chi connectivity index (χ3n) is 3.03. The molecule has 1 atom stereocenters. The largest absolute Gasteiger partial charge is 0.330 e. The Morgan fingerprint density at radius 1 is 1.50 bits per heavy atom. The van der Waals surface area contributed by atoms with E-state index >= 15 is 0 Å². The van der Waals surface area contributed by atoms with Gasteiger partial charge in [0.05, 0.1) is 11.1 Å². The van der Waals surface area contributed by atoms with Crippen LogP contribution in [-0.2, 0) is 11.2 Å². The summed E-state index contributed by atoms with van der Waals surface area (Å²) in [6.07, 6.45) is 7.74. The fraction of sp³-hybridized carbons (Fsp3) is 0.538. The van der Waals surface area contributed by atoms with Gasteiger partial charge < -0.3 is 4.90 Å². The lowest BCUT2D eigenvalue weighted by Gasteiger charge is -2.23. The van der Waals surface area contributed by atoms with Crippen LogP contribution in [0.15, 0.2) is 24.5 Å². The summed E-state index contributed by atoms with van der Waals surface area (Å²) in [7, 11) is 0. The van der Waals surface area contributed by atoms with E-state index in [9.17, 15) is 4.79 Å². The maximum atomic E-state index is 11.9. The molecule has 98 valence electrons. The third-order valence-corrected chi connectivity index (χ3v) is 4.96. The first-order valence-corrected chi connectivity index (χ1v) is 8.54.